The highest BCUT2D eigenvalue weighted by atomic mass is 32.2. The number of hydrogen-bond donors (Lipinski definition) is 5. The summed E-state index contributed by atoms with van der Waals surface area (Å²) in [6.07, 6.45) is 6.97. The number of thioether (sulfide) groups is 1. The van der Waals surface area contributed by atoms with Gasteiger partial charge in [0.05, 0.1) is 44.3 Å². The minimum Gasteiger partial charge on any atom is -0.379 e. The van der Waals surface area contributed by atoms with Crippen LogP contribution < -0.4 is 26.3 Å². The average molecular weight is 609 g/mol. The molecule has 0 aromatic rings. The van der Waals surface area contributed by atoms with Crippen molar-refractivity contribution in [3.63, 3.8) is 0 Å². The molecule has 1 saturated carbocycles. The maximum atomic E-state index is 13.1. The van der Waals surface area contributed by atoms with Gasteiger partial charge in [-0.1, -0.05) is 0 Å². The van der Waals surface area contributed by atoms with E-state index in [-0.39, 0.29) is 23.9 Å². The Morgan fingerprint density at radius 3 is 2.67 bits per heavy atom. The normalized spacial score (nSPS) is 45.0. The third-order valence-corrected chi connectivity index (χ3v) is 12.8. The first kappa shape index (κ1) is 30.3. The van der Waals surface area contributed by atoms with Gasteiger partial charge in [-0.05, 0) is 56.6 Å². The first-order valence-corrected chi connectivity index (χ1v) is 17.9. The molecular weight excluding hydrogens is 554 g/mol. The van der Waals surface area contributed by atoms with E-state index in [1.54, 1.807) is 4.90 Å². The van der Waals surface area contributed by atoms with Crippen LogP contribution in [0.4, 0.5) is 0 Å². The summed E-state index contributed by atoms with van der Waals surface area (Å²) >= 11 is 1.86. The molecule has 12 heteroatoms. The van der Waals surface area contributed by atoms with Gasteiger partial charge in [0.2, 0.25) is 0 Å². The number of ether oxygens (including phenoxy) is 3. The number of carbonyl (C=O) groups excluding carboxylic acids is 1. The minimum absolute atomic E-state index is 0.0475. The Morgan fingerprint density at radius 2 is 1.90 bits per heavy atom. The number of fused-ring (bicyclic) bond motifs is 1. The van der Waals surface area contributed by atoms with E-state index in [4.69, 9.17) is 14.2 Å². The molecule has 5 N–H and O–H groups in total. The van der Waals surface area contributed by atoms with Crippen molar-refractivity contribution < 1.29 is 23.9 Å². The van der Waals surface area contributed by atoms with E-state index in [2.05, 4.69) is 45.3 Å². The van der Waals surface area contributed by atoms with Crippen LogP contribution in [0.2, 0.25) is 0 Å². The molecule has 7 rings (SSSR count). The van der Waals surface area contributed by atoms with Crippen LogP contribution in [0.3, 0.4) is 0 Å². The second-order valence-corrected chi connectivity index (χ2v) is 15.2. The van der Waals surface area contributed by atoms with Gasteiger partial charge >= 0.3 is 0 Å². The zero-order chi connectivity index (χ0) is 28.6. The van der Waals surface area contributed by atoms with Crippen molar-refractivity contribution in [2.45, 2.75) is 93.6 Å². The Balaban J connectivity index is 0.869. The molecule has 0 aromatic heterocycles. The summed E-state index contributed by atoms with van der Waals surface area (Å²) < 4.78 is 17.7. The quantitative estimate of drug-likeness (QED) is 0.230. The van der Waals surface area contributed by atoms with E-state index >= 15 is 0 Å². The van der Waals surface area contributed by atoms with Crippen LogP contribution in [0.5, 0.6) is 0 Å². The zero-order valence-corrected chi connectivity index (χ0v) is 26.4. The summed E-state index contributed by atoms with van der Waals surface area (Å²) in [6, 6.07) is 1.69. The first-order valence-electron chi connectivity index (χ1n) is 16.8. The smallest absolute Gasteiger partial charge is 0.152 e. The number of nitrogens with one attached hydrogen (secondary N) is 5. The molecule has 6 saturated heterocycles. The van der Waals surface area contributed by atoms with Gasteiger partial charge in [-0.25, -0.2) is 5.01 Å². The Bertz CT molecular complexity index is 918. The fraction of sp³-hybridized carbons (Fsp3) is 0.967. The fourth-order valence-corrected chi connectivity index (χ4v) is 10.1. The highest BCUT2D eigenvalue weighted by Crippen LogP contribution is 2.46. The van der Waals surface area contributed by atoms with Gasteiger partial charge in [0.15, 0.2) is 5.78 Å². The van der Waals surface area contributed by atoms with Gasteiger partial charge in [0.25, 0.3) is 0 Å². The van der Waals surface area contributed by atoms with Gasteiger partial charge < -0.3 is 19.1 Å². The molecule has 1 aliphatic carbocycles. The Kier molecular flexibility index (Phi) is 9.76. The molecule has 0 aromatic carbocycles. The van der Waals surface area contributed by atoms with Crippen LogP contribution in [-0.2, 0) is 19.0 Å². The second-order valence-electron chi connectivity index (χ2n) is 14.0. The highest BCUT2D eigenvalue weighted by molar-refractivity contribution is 8.01. The standard InChI is InChI=1S/C30H53N7O4S/c1-19-21(14-35(2)23-16-40-17-23)15-37(34-19)26-7-8-31-30(33-26)32-22-5-3-20(4-6-22)24-18-42-29-25(38)13-27(41-28(24)29)36-9-11-39-12-10-36/h19-24,26-34H,3-18H2,1-2H3/p+1. The van der Waals surface area contributed by atoms with E-state index in [1.165, 1.54) is 32.2 Å². The lowest BCUT2D eigenvalue weighted by molar-refractivity contribution is -0.919. The van der Waals surface area contributed by atoms with Gasteiger partial charge in [-0.15, -0.1) is 11.8 Å². The number of carbonyl (C=O) groups is 1. The number of hydrazine groups is 1. The number of nitrogens with zero attached hydrogens (tertiary/aromatic N) is 2. The molecular formula is C30H54N7O4S+. The number of rotatable bonds is 8. The summed E-state index contributed by atoms with van der Waals surface area (Å²) in [6.45, 7) is 10.7. The minimum atomic E-state index is -0.0545. The largest absolute Gasteiger partial charge is 0.379 e. The first-order chi connectivity index (χ1) is 20.5. The topological polar surface area (TPSA) is 104 Å². The molecule has 0 amide bonds. The monoisotopic (exact) mass is 608 g/mol. The molecule has 9 atom stereocenters. The predicted octanol–water partition coefficient (Wildman–Crippen LogP) is -1.19. The number of morpholine rings is 1. The van der Waals surface area contributed by atoms with Gasteiger partial charge in [0, 0.05) is 50.6 Å². The lowest BCUT2D eigenvalue weighted by atomic mass is 9.75. The molecule has 0 spiro atoms. The Labute approximate surface area is 255 Å². The fourth-order valence-electron chi connectivity index (χ4n) is 8.47. The number of quaternary nitrogens is 1. The van der Waals surface area contributed by atoms with Crippen LogP contribution in [0.15, 0.2) is 0 Å². The molecule has 0 bridgehead atoms. The molecule has 6 aliphatic heterocycles. The van der Waals surface area contributed by atoms with Crippen LogP contribution in [-0.4, -0.2) is 136 Å². The zero-order valence-electron chi connectivity index (χ0n) is 25.6. The highest BCUT2D eigenvalue weighted by Gasteiger charge is 2.50. The summed E-state index contributed by atoms with van der Waals surface area (Å²) in [7, 11) is 2.33. The Hall–Kier alpha value is -0.380. The predicted molar refractivity (Wildman–Crippen MR) is 162 cm³/mol. The summed E-state index contributed by atoms with van der Waals surface area (Å²) in [5.74, 6) is 3.29. The summed E-state index contributed by atoms with van der Waals surface area (Å²) in [5, 5.41) is 14.0. The van der Waals surface area contributed by atoms with Crippen LogP contribution in [0.1, 0.15) is 45.4 Å². The van der Waals surface area contributed by atoms with E-state index < -0.39 is 0 Å². The molecule has 7 fully saturated rings. The van der Waals surface area contributed by atoms with Crippen molar-refractivity contribution in [2.75, 3.05) is 72.0 Å². The molecule has 11 nitrogen and oxygen atoms in total. The van der Waals surface area contributed by atoms with Crippen molar-refractivity contribution in [3.05, 3.63) is 0 Å². The van der Waals surface area contributed by atoms with Crippen molar-refractivity contribution in [2.24, 2.45) is 17.8 Å². The third-order valence-electron chi connectivity index (χ3n) is 11.4. The maximum absolute atomic E-state index is 13.1. The van der Waals surface area contributed by atoms with Crippen molar-refractivity contribution in [1.82, 2.24) is 31.3 Å². The van der Waals surface area contributed by atoms with Crippen molar-refractivity contribution in [3.8, 4) is 0 Å². The molecule has 7 aliphatic rings. The molecule has 0 radical (unpaired) electrons. The molecule has 238 valence electrons. The van der Waals surface area contributed by atoms with Crippen LogP contribution in [0, 0.1) is 17.8 Å². The van der Waals surface area contributed by atoms with E-state index in [0.717, 1.165) is 64.8 Å². The maximum Gasteiger partial charge on any atom is 0.152 e. The van der Waals surface area contributed by atoms with Crippen molar-refractivity contribution >= 4 is 17.5 Å². The van der Waals surface area contributed by atoms with Gasteiger partial charge in [0.1, 0.15) is 31.8 Å². The summed E-state index contributed by atoms with van der Waals surface area (Å²) in [5.41, 5.74) is 3.79. The molecule has 6 heterocycles. The van der Waals surface area contributed by atoms with E-state index in [9.17, 15) is 4.79 Å². The SMILES string of the molecule is CC1NN(C2CCNC(NC3CCC(C4CSC5C(=O)CC(N6CCOCC6)OC54)CC3)N2)CC1C[NH+](C)C1COC1. The van der Waals surface area contributed by atoms with Crippen LogP contribution >= 0.6 is 11.8 Å². The van der Waals surface area contributed by atoms with Crippen LogP contribution in [0.25, 0.3) is 0 Å². The number of Topliss-reactive ketones (excluding diaryl/α,β-unsaturated/α-hetero) is 1. The average Bonchev–Trinajstić information content (AvgIpc) is 3.57. The van der Waals surface area contributed by atoms with Gasteiger partial charge in [-0.2, -0.15) is 0 Å². The lowest BCUT2D eigenvalue weighted by Crippen LogP contribution is -3.16. The number of ketones is 1. The van der Waals surface area contributed by atoms with Crippen molar-refractivity contribution in [1.29, 1.82) is 0 Å². The number of hydrogen-bond acceptors (Lipinski definition) is 11. The second kappa shape index (κ2) is 13.5. The molecule has 9 unspecified atom stereocenters. The van der Waals surface area contributed by atoms with Gasteiger partial charge in [-0.3, -0.25) is 31.1 Å². The van der Waals surface area contributed by atoms with E-state index in [0.29, 0.717) is 54.2 Å². The Morgan fingerprint density at radius 1 is 1.10 bits per heavy atom. The lowest BCUT2D eigenvalue weighted by Gasteiger charge is -2.43. The molecule has 42 heavy (non-hydrogen) atoms. The van der Waals surface area contributed by atoms with E-state index in [1.807, 2.05) is 11.8 Å². The third kappa shape index (κ3) is 6.60. The summed E-state index contributed by atoms with van der Waals surface area (Å²) in [4.78, 5) is 17.0. The number of likely N-dealkylation sites (N-methyl/N-ethyl adjacent to an activating group) is 1.